The van der Waals surface area contributed by atoms with Crippen LogP contribution in [0, 0.1) is 6.92 Å². The monoisotopic (exact) mass is 273 g/mol. The first-order valence-corrected chi connectivity index (χ1v) is 7.34. The van der Waals surface area contributed by atoms with Crippen molar-refractivity contribution in [1.29, 1.82) is 0 Å². The van der Waals surface area contributed by atoms with E-state index >= 15 is 0 Å². The Labute approximate surface area is 121 Å². The van der Waals surface area contributed by atoms with E-state index in [1.807, 2.05) is 31.2 Å². The maximum atomic E-state index is 12.0. The predicted octanol–water partition coefficient (Wildman–Crippen LogP) is 3.38. The number of carbonyl (C=O) groups is 1. The molecule has 2 rings (SSSR count). The third-order valence-electron chi connectivity index (χ3n) is 3.58. The van der Waals surface area contributed by atoms with Gasteiger partial charge in [0.25, 0.3) is 5.91 Å². The standard InChI is InChI=1S/C17H23NO2/c1-13-8-10-16(11-9-13)20-14(2)17(19)18-12-15-6-4-3-5-7-15/h6,8-11,14H,3-5,7,12H2,1-2H3,(H,18,19)/t14-/m0/s1. The lowest BCUT2D eigenvalue weighted by Gasteiger charge is -2.17. The number of hydrogen-bond donors (Lipinski definition) is 1. The van der Waals surface area contributed by atoms with Gasteiger partial charge in [-0.3, -0.25) is 4.79 Å². The maximum absolute atomic E-state index is 12.0. The molecule has 0 saturated carbocycles. The van der Waals surface area contributed by atoms with Gasteiger partial charge in [0.1, 0.15) is 5.75 Å². The van der Waals surface area contributed by atoms with E-state index in [4.69, 9.17) is 4.74 Å². The molecule has 0 aromatic heterocycles. The van der Waals surface area contributed by atoms with Gasteiger partial charge < -0.3 is 10.1 Å². The normalized spacial score (nSPS) is 16.2. The molecule has 0 unspecified atom stereocenters. The number of rotatable bonds is 5. The van der Waals surface area contributed by atoms with Gasteiger partial charge >= 0.3 is 0 Å². The van der Waals surface area contributed by atoms with Gasteiger partial charge in [-0.2, -0.15) is 0 Å². The summed E-state index contributed by atoms with van der Waals surface area (Å²) in [5.41, 5.74) is 2.52. The van der Waals surface area contributed by atoms with Crippen molar-refractivity contribution in [3.05, 3.63) is 41.5 Å². The highest BCUT2D eigenvalue weighted by molar-refractivity contribution is 5.80. The van der Waals surface area contributed by atoms with E-state index in [9.17, 15) is 4.79 Å². The topological polar surface area (TPSA) is 38.3 Å². The van der Waals surface area contributed by atoms with Gasteiger partial charge in [0.15, 0.2) is 6.10 Å². The Balaban J connectivity index is 1.79. The van der Waals surface area contributed by atoms with Crippen LogP contribution < -0.4 is 10.1 Å². The lowest BCUT2D eigenvalue weighted by atomic mass is 10.00. The Morgan fingerprint density at radius 3 is 2.70 bits per heavy atom. The molecule has 0 bridgehead atoms. The summed E-state index contributed by atoms with van der Waals surface area (Å²) in [5, 5.41) is 2.95. The second kappa shape index (κ2) is 7.13. The SMILES string of the molecule is Cc1ccc(O[C@@H](C)C(=O)NCC2=CCCCC2)cc1. The van der Waals surface area contributed by atoms with Gasteiger partial charge in [-0.1, -0.05) is 29.3 Å². The molecule has 3 nitrogen and oxygen atoms in total. The molecule has 3 heteroatoms. The molecule has 1 amide bonds. The average Bonchev–Trinajstić information content (AvgIpc) is 2.48. The smallest absolute Gasteiger partial charge is 0.261 e. The van der Waals surface area contributed by atoms with Crippen LogP contribution in [0.5, 0.6) is 5.75 Å². The molecule has 20 heavy (non-hydrogen) atoms. The molecule has 1 aromatic carbocycles. The lowest BCUT2D eigenvalue weighted by molar-refractivity contribution is -0.127. The van der Waals surface area contributed by atoms with Crippen LogP contribution in [0.25, 0.3) is 0 Å². The van der Waals surface area contributed by atoms with Crippen LogP contribution in [-0.2, 0) is 4.79 Å². The minimum absolute atomic E-state index is 0.0583. The number of benzene rings is 1. The zero-order valence-electron chi connectivity index (χ0n) is 12.3. The van der Waals surface area contributed by atoms with Crippen LogP contribution in [0.2, 0.25) is 0 Å². The van der Waals surface area contributed by atoms with Gasteiger partial charge in [-0.05, 0) is 51.7 Å². The first kappa shape index (κ1) is 14.6. The van der Waals surface area contributed by atoms with Crippen LogP contribution in [0.15, 0.2) is 35.9 Å². The van der Waals surface area contributed by atoms with E-state index in [2.05, 4.69) is 11.4 Å². The Kier molecular flexibility index (Phi) is 5.22. The minimum atomic E-state index is -0.470. The van der Waals surface area contributed by atoms with E-state index in [1.54, 1.807) is 6.92 Å². The van der Waals surface area contributed by atoms with E-state index in [0.29, 0.717) is 6.54 Å². The van der Waals surface area contributed by atoms with Crippen molar-refractivity contribution in [2.45, 2.75) is 45.6 Å². The highest BCUT2D eigenvalue weighted by atomic mass is 16.5. The summed E-state index contributed by atoms with van der Waals surface area (Å²) < 4.78 is 5.64. The predicted molar refractivity (Wildman–Crippen MR) is 80.8 cm³/mol. The average molecular weight is 273 g/mol. The summed E-state index contributed by atoms with van der Waals surface area (Å²) >= 11 is 0. The number of allylic oxidation sites excluding steroid dienone is 1. The van der Waals surface area contributed by atoms with Crippen molar-refractivity contribution in [3.8, 4) is 5.75 Å². The van der Waals surface area contributed by atoms with Crippen LogP contribution >= 0.6 is 0 Å². The molecule has 1 aliphatic rings. The Hall–Kier alpha value is -1.77. The molecule has 0 fully saturated rings. The van der Waals surface area contributed by atoms with E-state index in [-0.39, 0.29) is 5.91 Å². The fourth-order valence-electron chi connectivity index (χ4n) is 2.28. The third-order valence-corrected chi connectivity index (χ3v) is 3.58. The molecule has 0 heterocycles. The zero-order chi connectivity index (χ0) is 14.4. The maximum Gasteiger partial charge on any atom is 0.261 e. The van der Waals surface area contributed by atoms with Crippen LogP contribution in [-0.4, -0.2) is 18.6 Å². The minimum Gasteiger partial charge on any atom is -0.481 e. The Morgan fingerprint density at radius 1 is 1.30 bits per heavy atom. The first-order chi connectivity index (χ1) is 9.65. The molecule has 108 valence electrons. The molecule has 0 aliphatic heterocycles. The quantitative estimate of drug-likeness (QED) is 0.835. The first-order valence-electron chi connectivity index (χ1n) is 7.34. The van der Waals surface area contributed by atoms with Crippen molar-refractivity contribution in [3.63, 3.8) is 0 Å². The second-order valence-corrected chi connectivity index (χ2v) is 5.40. The largest absolute Gasteiger partial charge is 0.481 e. The van der Waals surface area contributed by atoms with Crippen molar-refractivity contribution >= 4 is 5.91 Å². The summed E-state index contributed by atoms with van der Waals surface area (Å²) in [4.78, 5) is 12.0. The molecule has 0 spiro atoms. The second-order valence-electron chi connectivity index (χ2n) is 5.40. The summed E-state index contributed by atoms with van der Waals surface area (Å²) in [5.74, 6) is 0.673. The molecule has 1 aliphatic carbocycles. The molecular formula is C17H23NO2. The molecule has 1 N–H and O–H groups in total. The van der Waals surface area contributed by atoms with Gasteiger partial charge in [-0.15, -0.1) is 0 Å². The fourth-order valence-corrected chi connectivity index (χ4v) is 2.28. The fraction of sp³-hybridized carbons (Fsp3) is 0.471. The van der Waals surface area contributed by atoms with Crippen molar-refractivity contribution in [2.75, 3.05) is 6.54 Å². The molecule has 0 saturated heterocycles. The summed E-state index contributed by atoms with van der Waals surface area (Å²) in [7, 11) is 0. The summed E-state index contributed by atoms with van der Waals surface area (Å²) in [6, 6.07) is 7.74. The molecule has 1 aromatic rings. The van der Waals surface area contributed by atoms with Crippen molar-refractivity contribution in [1.82, 2.24) is 5.32 Å². The van der Waals surface area contributed by atoms with E-state index in [0.717, 1.165) is 18.6 Å². The number of ether oxygens (including phenoxy) is 1. The third kappa shape index (κ3) is 4.41. The zero-order valence-corrected chi connectivity index (χ0v) is 12.3. The summed E-state index contributed by atoms with van der Waals surface area (Å²) in [6.45, 7) is 4.46. The van der Waals surface area contributed by atoms with Gasteiger partial charge in [0, 0.05) is 6.54 Å². The lowest BCUT2D eigenvalue weighted by Crippen LogP contribution is -2.37. The summed E-state index contributed by atoms with van der Waals surface area (Å²) in [6.07, 6.45) is 6.52. The number of aryl methyl sites for hydroxylation is 1. The van der Waals surface area contributed by atoms with Crippen LogP contribution in [0.4, 0.5) is 0 Å². The Bertz CT molecular complexity index is 476. The van der Waals surface area contributed by atoms with Gasteiger partial charge in [-0.25, -0.2) is 0 Å². The number of nitrogens with one attached hydrogen (secondary N) is 1. The van der Waals surface area contributed by atoms with Gasteiger partial charge in [0.05, 0.1) is 0 Å². The molecular weight excluding hydrogens is 250 g/mol. The highest BCUT2D eigenvalue weighted by Gasteiger charge is 2.15. The Morgan fingerprint density at radius 2 is 2.05 bits per heavy atom. The van der Waals surface area contributed by atoms with Crippen LogP contribution in [0.3, 0.4) is 0 Å². The van der Waals surface area contributed by atoms with E-state index in [1.165, 1.54) is 24.0 Å². The molecule has 1 atom stereocenters. The van der Waals surface area contributed by atoms with Crippen LogP contribution in [0.1, 0.15) is 38.2 Å². The number of hydrogen-bond acceptors (Lipinski definition) is 2. The molecule has 0 radical (unpaired) electrons. The number of carbonyl (C=O) groups excluding carboxylic acids is 1. The van der Waals surface area contributed by atoms with E-state index < -0.39 is 6.10 Å². The number of amides is 1. The van der Waals surface area contributed by atoms with Gasteiger partial charge in [0.2, 0.25) is 0 Å². The van der Waals surface area contributed by atoms with Crippen molar-refractivity contribution in [2.24, 2.45) is 0 Å². The highest BCUT2D eigenvalue weighted by Crippen LogP contribution is 2.16. The van der Waals surface area contributed by atoms with Crippen molar-refractivity contribution < 1.29 is 9.53 Å².